The van der Waals surface area contributed by atoms with Crippen molar-refractivity contribution in [2.45, 2.75) is 32.9 Å². The zero-order valence-corrected chi connectivity index (χ0v) is 13.5. The molecule has 0 heterocycles. The molecule has 0 bridgehead atoms. The summed E-state index contributed by atoms with van der Waals surface area (Å²) >= 11 is 0. The Hall–Kier alpha value is -2.29. The van der Waals surface area contributed by atoms with E-state index in [1.54, 1.807) is 4.90 Å². The van der Waals surface area contributed by atoms with Gasteiger partial charge in [0.25, 0.3) is 0 Å². The van der Waals surface area contributed by atoms with E-state index >= 15 is 0 Å². The normalized spacial score (nSPS) is 10.5. The van der Waals surface area contributed by atoms with Crippen LogP contribution in [-0.4, -0.2) is 18.0 Å². The molecule has 0 unspecified atom stereocenters. The molecule has 0 aromatic heterocycles. The fraction of sp³-hybridized carbons (Fsp3) is 0.316. The first-order valence-corrected chi connectivity index (χ1v) is 7.68. The molecule has 0 radical (unpaired) electrons. The second kappa shape index (κ2) is 7.64. The summed E-state index contributed by atoms with van der Waals surface area (Å²) in [5.41, 5.74) is 3.56. The molecule has 0 aliphatic heterocycles. The Morgan fingerprint density at radius 1 is 1.00 bits per heavy atom. The van der Waals surface area contributed by atoms with Crippen molar-refractivity contribution in [1.29, 1.82) is 0 Å². The number of benzene rings is 2. The summed E-state index contributed by atoms with van der Waals surface area (Å²) < 4.78 is 0. The summed E-state index contributed by atoms with van der Waals surface area (Å²) in [5, 5.41) is 2.94. The Morgan fingerprint density at radius 3 is 2.23 bits per heavy atom. The fourth-order valence-corrected chi connectivity index (χ4v) is 2.26. The van der Waals surface area contributed by atoms with Crippen LogP contribution < -0.4 is 5.32 Å². The van der Waals surface area contributed by atoms with Crippen LogP contribution in [0, 0.1) is 0 Å². The zero-order chi connectivity index (χ0) is 15.9. The number of nitrogens with zero attached hydrogens (tertiary/aromatic N) is 1. The number of carbonyl (C=O) groups is 1. The van der Waals surface area contributed by atoms with Gasteiger partial charge in [-0.05, 0) is 22.6 Å². The van der Waals surface area contributed by atoms with Gasteiger partial charge in [0.15, 0.2) is 0 Å². The minimum absolute atomic E-state index is 0.0585. The molecule has 116 valence electrons. The zero-order valence-electron chi connectivity index (χ0n) is 13.5. The summed E-state index contributed by atoms with van der Waals surface area (Å²) in [4.78, 5) is 13.8. The van der Waals surface area contributed by atoms with Gasteiger partial charge in [0.05, 0.1) is 0 Å². The van der Waals surface area contributed by atoms with E-state index in [1.165, 1.54) is 5.56 Å². The third kappa shape index (κ3) is 4.62. The summed E-state index contributed by atoms with van der Waals surface area (Å²) in [6.45, 7) is 5.52. The third-order valence-electron chi connectivity index (χ3n) is 3.70. The smallest absolute Gasteiger partial charge is 0.317 e. The Balaban J connectivity index is 1.85. The highest BCUT2D eigenvalue weighted by Gasteiger charge is 2.09. The number of amides is 2. The molecule has 0 saturated carbocycles. The molecule has 2 aromatic carbocycles. The lowest BCUT2D eigenvalue weighted by atomic mass is 10.0. The van der Waals surface area contributed by atoms with E-state index in [1.807, 2.05) is 37.4 Å². The molecular formula is C19H24N2O. The van der Waals surface area contributed by atoms with Gasteiger partial charge in [0, 0.05) is 20.1 Å². The number of nitrogens with one attached hydrogen (secondary N) is 1. The highest BCUT2D eigenvalue weighted by molar-refractivity contribution is 5.73. The van der Waals surface area contributed by atoms with Crippen LogP contribution in [-0.2, 0) is 13.1 Å². The lowest BCUT2D eigenvalue weighted by Crippen LogP contribution is -2.36. The summed E-state index contributed by atoms with van der Waals surface area (Å²) in [6.07, 6.45) is 0. The lowest BCUT2D eigenvalue weighted by Gasteiger charge is -2.18. The molecule has 0 spiro atoms. The number of rotatable bonds is 5. The van der Waals surface area contributed by atoms with Crippen LogP contribution in [0.1, 0.15) is 36.5 Å². The molecule has 22 heavy (non-hydrogen) atoms. The van der Waals surface area contributed by atoms with Crippen molar-refractivity contribution < 1.29 is 4.79 Å². The predicted molar refractivity (Wildman–Crippen MR) is 90.7 cm³/mol. The fourth-order valence-electron chi connectivity index (χ4n) is 2.26. The van der Waals surface area contributed by atoms with Gasteiger partial charge in [-0.1, -0.05) is 68.4 Å². The molecule has 2 aromatic rings. The van der Waals surface area contributed by atoms with Crippen molar-refractivity contribution in [2.75, 3.05) is 7.05 Å². The summed E-state index contributed by atoms with van der Waals surface area (Å²) in [7, 11) is 1.82. The molecule has 1 N–H and O–H groups in total. The van der Waals surface area contributed by atoms with Crippen molar-refractivity contribution in [3.63, 3.8) is 0 Å². The molecule has 2 rings (SSSR count). The van der Waals surface area contributed by atoms with Crippen molar-refractivity contribution in [2.24, 2.45) is 0 Å². The van der Waals surface area contributed by atoms with E-state index in [2.05, 4.69) is 43.4 Å². The maximum absolute atomic E-state index is 12.1. The van der Waals surface area contributed by atoms with Gasteiger partial charge < -0.3 is 10.2 Å². The lowest BCUT2D eigenvalue weighted by molar-refractivity contribution is 0.206. The quantitative estimate of drug-likeness (QED) is 0.883. The maximum atomic E-state index is 12.1. The van der Waals surface area contributed by atoms with Crippen molar-refractivity contribution >= 4 is 6.03 Å². The summed E-state index contributed by atoms with van der Waals surface area (Å²) in [5.74, 6) is 0.529. The first-order valence-electron chi connectivity index (χ1n) is 7.68. The minimum Gasteiger partial charge on any atom is -0.334 e. The highest BCUT2D eigenvalue weighted by Crippen LogP contribution is 2.15. The van der Waals surface area contributed by atoms with E-state index in [0.717, 1.165) is 11.1 Å². The van der Waals surface area contributed by atoms with Crippen molar-refractivity contribution in [3.8, 4) is 0 Å². The SMILES string of the molecule is CC(C)c1ccc(CN(C)C(=O)NCc2ccccc2)cc1. The highest BCUT2D eigenvalue weighted by atomic mass is 16.2. The van der Waals surface area contributed by atoms with E-state index in [4.69, 9.17) is 0 Å². The van der Waals surface area contributed by atoms with E-state index < -0.39 is 0 Å². The first kappa shape index (κ1) is 16.1. The molecule has 3 nitrogen and oxygen atoms in total. The van der Waals surface area contributed by atoms with Crippen LogP contribution in [0.15, 0.2) is 54.6 Å². The first-order chi connectivity index (χ1) is 10.6. The molecule has 0 fully saturated rings. The Morgan fingerprint density at radius 2 is 1.64 bits per heavy atom. The molecule has 0 aliphatic rings. The second-order valence-corrected chi connectivity index (χ2v) is 5.90. The predicted octanol–water partition coefficient (Wildman–Crippen LogP) is 4.15. The van der Waals surface area contributed by atoms with E-state index in [-0.39, 0.29) is 6.03 Å². The molecule has 3 heteroatoms. The topological polar surface area (TPSA) is 32.3 Å². The van der Waals surface area contributed by atoms with Gasteiger partial charge in [-0.15, -0.1) is 0 Å². The maximum Gasteiger partial charge on any atom is 0.317 e. The molecule has 0 atom stereocenters. The van der Waals surface area contributed by atoms with E-state index in [0.29, 0.717) is 19.0 Å². The van der Waals surface area contributed by atoms with Gasteiger partial charge >= 0.3 is 6.03 Å². The van der Waals surface area contributed by atoms with Gasteiger partial charge in [-0.2, -0.15) is 0 Å². The van der Waals surface area contributed by atoms with Crippen LogP contribution in [0.2, 0.25) is 0 Å². The van der Waals surface area contributed by atoms with Gasteiger partial charge in [0.1, 0.15) is 0 Å². The van der Waals surface area contributed by atoms with Crippen LogP contribution in [0.5, 0.6) is 0 Å². The van der Waals surface area contributed by atoms with Gasteiger partial charge in [-0.25, -0.2) is 4.79 Å². The Bertz CT molecular complexity index is 591. The van der Waals surface area contributed by atoms with Gasteiger partial charge in [-0.3, -0.25) is 0 Å². The van der Waals surface area contributed by atoms with E-state index in [9.17, 15) is 4.79 Å². The molecule has 0 saturated heterocycles. The average Bonchev–Trinajstić information content (AvgIpc) is 2.54. The number of urea groups is 1. The number of hydrogen-bond donors (Lipinski definition) is 1. The monoisotopic (exact) mass is 296 g/mol. The average molecular weight is 296 g/mol. The Labute approximate surface area is 133 Å². The molecule has 2 amide bonds. The van der Waals surface area contributed by atoms with Crippen LogP contribution in [0.3, 0.4) is 0 Å². The van der Waals surface area contributed by atoms with Crippen LogP contribution >= 0.6 is 0 Å². The second-order valence-electron chi connectivity index (χ2n) is 5.90. The van der Waals surface area contributed by atoms with Crippen molar-refractivity contribution in [1.82, 2.24) is 10.2 Å². The number of hydrogen-bond acceptors (Lipinski definition) is 1. The third-order valence-corrected chi connectivity index (χ3v) is 3.70. The molecular weight excluding hydrogens is 272 g/mol. The summed E-state index contributed by atoms with van der Waals surface area (Å²) in [6, 6.07) is 18.3. The largest absolute Gasteiger partial charge is 0.334 e. The molecule has 0 aliphatic carbocycles. The van der Waals surface area contributed by atoms with Gasteiger partial charge in [0.2, 0.25) is 0 Å². The van der Waals surface area contributed by atoms with Crippen LogP contribution in [0.25, 0.3) is 0 Å². The van der Waals surface area contributed by atoms with Crippen molar-refractivity contribution in [3.05, 3.63) is 71.3 Å². The number of carbonyl (C=O) groups excluding carboxylic acids is 1. The van der Waals surface area contributed by atoms with Crippen LogP contribution in [0.4, 0.5) is 4.79 Å². The standard InChI is InChI=1S/C19H24N2O/c1-15(2)18-11-9-17(10-12-18)14-21(3)19(22)20-13-16-7-5-4-6-8-16/h4-12,15H,13-14H2,1-3H3,(H,20,22). The minimum atomic E-state index is -0.0585. The Kier molecular flexibility index (Phi) is 5.59.